The van der Waals surface area contributed by atoms with Crippen molar-refractivity contribution in [3.63, 3.8) is 0 Å². The van der Waals surface area contributed by atoms with Gasteiger partial charge in [-0.25, -0.2) is 4.79 Å². The molecule has 0 saturated carbocycles. The monoisotopic (exact) mass is 464 g/mol. The molecule has 176 valence electrons. The molecule has 0 spiro atoms. The minimum atomic E-state index is -0.757. The Morgan fingerprint density at radius 3 is 1.91 bits per heavy atom. The van der Waals surface area contributed by atoms with Crippen molar-refractivity contribution in [1.82, 2.24) is 0 Å². The summed E-state index contributed by atoms with van der Waals surface area (Å²) in [5.74, 6) is -0.523. The molecule has 0 fully saturated rings. The fourth-order valence-corrected chi connectivity index (χ4v) is 3.15. The molecule has 0 bridgehead atoms. The Kier molecular flexibility index (Phi) is 7.55. The smallest absolute Gasteiger partial charge is 0.323 e. The van der Waals surface area contributed by atoms with Gasteiger partial charge in [-0.15, -0.1) is 0 Å². The van der Waals surface area contributed by atoms with Crippen LogP contribution < -0.4 is 35.9 Å². The van der Waals surface area contributed by atoms with Crippen molar-refractivity contribution in [2.24, 2.45) is 5.73 Å². The van der Waals surface area contributed by atoms with Gasteiger partial charge >= 0.3 is 6.03 Å². The van der Waals surface area contributed by atoms with Gasteiger partial charge in [-0.3, -0.25) is 9.59 Å². The average molecular weight is 464 g/mol. The minimum absolute atomic E-state index is 0.0424. The van der Waals surface area contributed by atoms with Crippen LogP contribution >= 0.6 is 0 Å². The number of nitrogens with two attached hydrogens (primary N) is 1. The predicted molar refractivity (Wildman–Crippen MR) is 128 cm³/mol. The number of carbonyl (C=O) groups is 3. The van der Waals surface area contributed by atoms with Crippen molar-refractivity contribution in [3.8, 4) is 17.2 Å². The Hall–Kier alpha value is -4.73. The molecule has 3 rings (SSSR count). The van der Waals surface area contributed by atoms with Crippen LogP contribution in [-0.4, -0.2) is 39.2 Å². The second kappa shape index (κ2) is 10.7. The number of urea groups is 1. The molecule has 0 saturated heterocycles. The van der Waals surface area contributed by atoms with Crippen LogP contribution in [0.2, 0.25) is 0 Å². The molecule has 0 aromatic heterocycles. The highest BCUT2D eigenvalue weighted by atomic mass is 16.5. The molecular weight excluding hydrogens is 440 g/mol. The molecule has 3 aromatic carbocycles. The van der Waals surface area contributed by atoms with E-state index in [-0.39, 0.29) is 28.3 Å². The maximum absolute atomic E-state index is 13.0. The van der Waals surface area contributed by atoms with Crippen LogP contribution in [0.3, 0.4) is 0 Å². The summed E-state index contributed by atoms with van der Waals surface area (Å²) in [5, 5.41) is 8.03. The van der Waals surface area contributed by atoms with Gasteiger partial charge in [-0.05, 0) is 30.3 Å². The first-order valence-corrected chi connectivity index (χ1v) is 10.0. The van der Waals surface area contributed by atoms with Crippen LogP contribution in [-0.2, 0) is 0 Å². The number of ether oxygens (including phenoxy) is 3. The van der Waals surface area contributed by atoms with E-state index in [1.165, 1.54) is 45.6 Å². The molecule has 0 aliphatic rings. The topological polar surface area (TPSA) is 141 Å². The molecular formula is C24H24N4O6. The maximum Gasteiger partial charge on any atom is 0.323 e. The van der Waals surface area contributed by atoms with Crippen molar-refractivity contribution in [3.05, 3.63) is 71.8 Å². The van der Waals surface area contributed by atoms with E-state index in [1.807, 2.05) is 6.07 Å². The van der Waals surface area contributed by atoms with Gasteiger partial charge in [-0.2, -0.15) is 0 Å². The maximum atomic E-state index is 13.0. The van der Waals surface area contributed by atoms with Crippen molar-refractivity contribution in [1.29, 1.82) is 0 Å². The summed E-state index contributed by atoms with van der Waals surface area (Å²) in [6, 6.07) is 15.8. The zero-order valence-electron chi connectivity index (χ0n) is 18.8. The number of para-hydroxylation sites is 1. The molecule has 0 atom stereocenters. The van der Waals surface area contributed by atoms with Crippen molar-refractivity contribution in [2.75, 3.05) is 37.3 Å². The standard InChI is InChI=1S/C24H24N4O6/c1-32-19-11-15(27-24(31)26-14-7-5-4-6-8-14)9-10-16(19)23(30)28-18-13-21(34-3)20(33-2)12-17(18)22(25)29/h4-13H,1-3H3,(H2,25,29)(H,28,30)(H2,26,27,31). The number of amides is 4. The van der Waals surface area contributed by atoms with E-state index >= 15 is 0 Å². The second-order valence-corrected chi connectivity index (χ2v) is 6.93. The molecule has 10 nitrogen and oxygen atoms in total. The van der Waals surface area contributed by atoms with E-state index in [4.69, 9.17) is 19.9 Å². The van der Waals surface area contributed by atoms with E-state index in [9.17, 15) is 14.4 Å². The van der Waals surface area contributed by atoms with Crippen LogP contribution in [0.5, 0.6) is 17.2 Å². The van der Waals surface area contributed by atoms with E-state index in [0.29, 0.717) is 17.1 Å². The first-order chi connectivity index (χ1) is 16.4. The first-order valence-electron chi connectivity index (χ1n) is 10.0. The summed E-state index contributed by atoms with van der Waals surface area (Å²) in [5.41, 5.74) is 6.85. The van der Waals surface area contributed by atoms with Gasteiger partial charge in [0.25, 0.3) is 11.8 Å². The highest BCUT2D eigenvalue weighted by molar-refractivity contribution is 6.11. The number of primary amides is 1. The third-order valence-corrected chi connectivity index (χ3v) is 4.77. The highest BCUT2D eigenvalue weighted by Crippen LogP contribution is 2.34. The Morgan fingerprint density at radius 1 is 0.676 bits per heavy atom. The summed E-state index contributed by atoms with van der Waals surface area (Å²) < 4.78 is 15.8. The number of carbonyl (C=O) groups excluding carboxylic acids is 3. The van der Waals surface area contributed by atoms with E-state index in [1.54, 1.807) is 30.3 Å². The number of methoxy groups -OCH3 is 3. The summed E-state index contributed by atoms with van der Waals surface area (Å²) >= 11 is 0. The van der Waals surface area contributed by atoms with Gasteiger partial charge < -0.3 is 35.9 Å². The van der Waals surface area contributed by atoms with Crippen molar-refractivity contribution < 1.29 is 28.6 Å². The van der Waals surface area contributed by atoms with Gasteiger partial charge in [0.1, 0.15) is 5.75 Å². The van der Waals surface area contributed by atoms with E-state index in [0.717, 1.165) is 0 Å². The lowest BCUT2D eigenvalue weighted by molar-refractivity contribution is 0.100. The quantitative estimate of drug-likeness (QED) is 0.401. The zero-order valence-corrected chi connectivity index (χ0v) is 18.8. The Bertz CT molecular complexity index is 1210. The number of hydrogen-bond acceptors (Lipinski definition) is 6. The molecule has 10 heteroatoms. The Morgan fingerprint density at radius 2 is 1.29 bits per heavy atom. The fraction of sp³-hybridized carbons (Fsp3) is 0.125. The van der Waals surface area contributed by atoms with Crippen LogP contribution in [0.4, 0.5) is 21.9 Å². The summed E-state index contributed by atoms with van der Waals surface area (Å²) in [6.45, 7) is 0. The molecule has 5 N–H and O–H groups in total. The first kappa shape index (κ1) is 23.9. The normalized spacial score (nSPS) is 10.1. The van der Waals surface area contributed by atoms with Gasteiger partial charge in [0.05, 0.1) is 38.1 Å². The Labute approximate surface area is 196 Å². The minimum Gasteiger partial charge on any atom is -0.496 e. The molecule has 0 unspecified atom stereocenters. The molecule has 4 amide bonds. The van der Waals surface area contributed by atoms with Crippen LogP contribution in [0.1, 0.15) is 20.7 Å². The number of hydrogen-bond donors (Lipinski definition) is 4. The van der Waals surface area contributed by atoms with Gasteiger partial charge in [0, 0.05) is 23.5 Å². The lowest BCUT2D eigenvalue weighted by Gasteiger charge is -2.15. The number of rotatable bonds is 8. The van der Waals surface area contributed by atoms with E-state index < -0.39 is 17.8 Å². The average Bonchev–Trinajstić information content (AvgIpc) is 2.83. The van der Waals surface area contributed by atoms with Crippen LogP contribution in [0.15, 0.2) is 60.7 Å². The lowest BCUT2D eigenvalue weighted by atomic mass is 10.1. The number of nitrogens with one attached hydrogen (secondary N) is 3. The molecule has 0 radical (unpaired) electrons. The second-order valence-electron chi connectivity index (χ2n) is 6.93. The SMILES string of the molecule is COc1cc(NC(=O)c2ccc(NC(=O)Nc3ccccc3)cc2OC)c(C(N)=O)cc1OC. The van der Waals surface area contributed by atoms with Crippen LogP contribution in [0.25, 0.3) is 0 Å². The fourth-order valence-electron chi connectivity index (χ4n) is 3.15. The highest BCUT2D eigenvalue weighted by Gasteiger charge is 2.20. The molecule has 3 aromatic rings. The third kappa shape index (κ3) is 5.54. The Balaban J connectivity index is 1.81. The summed E-state index contributed by atoms with van der Waals surface area (Å²) in [7, 11) is 4.24. The molecule has 0 aliphatic heterocycles. The van der Waals surface area contributed by atoms with Gasteiger partial charge in [0.15, 0.2) is 11.5 Å². The number of anilines is 3. The molecule has 0 aliphatic carbocycles. The molecule has 34 heavy (non-hydrogen) atoms. The van der Waals surface area contributed by atoms with Crippen molar-refractivity contribution in [2.45, 2.75) is 0 Å². The lowest BCUT2D eigenvalue weighted by Crippen LogP contribution is -2.20. The number of benzene rings is 3. The third-order valence-electron chi connectivity index (χ3n) is 4.77. The largest absolute Gasteiger partial charge is 0.496 e. The summed E-state index contributed by atoms with van der Waals surface area (Å²) in [4.78, 5) is 37.1. The van der Waals surface area contributed by atoms with Gasteiger partial charge in [-0.1, -0.05) is 18.2 Å². The van der Waals surface area contributed by atoms with Crippen molar-refractivity contribution >= 4 is 34.9 Å². The zero-order chi connectivity index (χ0) is 24.7. The van der Waals surface area contributed by atoms with Gasteiger partial charge in [0.2, 0.25) is 0 Å². The predicted octanol–water partition coefficient (Wildman–Crippen LogP) is 3.71. The molecule has 0 heterocycles. The van der Waals surface area contributed by atoms with Crippen LogP contribution in [0, 0.1) is 0 Å². The summed E-state index contributed by atoms with van der Waals surface area (Å²) in [6.07, 6.45) is 0. The van der Waals surface area contributed by atoms with E-state index in [2.05, 4.69) is 16.0 Å².